The molecule has 1 N–H and O–H groups in total. The van der Waals surface area contributed by atoms with Gasteiger partial charge >= 0.3 is 0 Å². The number of fused-ring (bicyclic) bond motifs is 3. The molecule has 31 heavy (non-hydrogen) atoms. The van der Waals surface area contributed by atoms with Crippen LogP contribution in [0.5, 0.6) is 0 Å². The minimum atomic E-state index is -0.135. The van der Waals surface area contributed by atoms with E-state index in [0.717, 1.165) is 22.3 Å². The molecule has 0 saturated carbocycles. The second-order valence-electron chi connectivity index (χ2n) is 7.00. The Bertz CT molecular complexity index is 1410. The van der Waals surface area contributed by atoms with E-state index in [0.29, 0.717) is 21.5 Å². The number of nitrogens with zero attached hydrogens (tertiary/aromatic N) is 5. The van der Waals surface area contributed by atoms with Crippen molar-refractivity contribution >= 4 is 46.1 Å². The number of amides is 1. The minimum absolute atomic E-state index is 0.135. The van der Waals surface area contributed by atoms with Crippen molar-refractivity contribution in [3.63, 3.8) is 0 Å². The number of carbonyl (C=O) groups excluding carboxylic acids is 1. The molecule has 0 aliphatic rings. The van der Waals surface area contributed by atoms with Gasteiger partial charge in [-0.25, -0.2) is 4.52 Å². The SMILES string of the molecule is Cc1ccc(Cl)cc1NC(=O)CSc1nnc2c3cc(-c4ccccc4)nn3ccn12. The average molecular weight is 449 g/mol. The van der Waals surface area contributed by atoms with Gasteiger partial charge in [0.1, 0.15) is 5.52 Å². The lowest BCUT2D eigenvalue weighted by molar-refractivity contribution is -0.113. The lowest BCUT2D eigenvalue weighted by Crippen LogP contribution is -2.15. The maximum atomic E-state index is 12.4. The summed E-state index contributed by atoms with van der Waals surface area (Å²) in [4.78, 5) is 12.4. The first-order valence-corrected chi connectivity index (χ1v) is 10.9. The van der Waals surface area contributed by atoms with E-state index in [9.17, 15) is 4.79 Å². The summed E-state index contributed by atoms with van der Waals surface area (Å²) < 4.78 is 3.66. The lowest BCUT2D eigenvalue weighted by Gasteiger charge is -2.08. The molecule has 5 aromatic rings. The van der Waals surface area contributed by atoms with Crippen LogP contribution in [0.1, 0.15) is 5.56 Å². The van der Waals surface area contributed by atoms with Crippen LogP contribution in [-0.2, 0) is 4.79 Å². The Morgan fingerprint density at radius 2 is 1.94 bits per heavy atom. The fourth-order valence-corrected chi connectivity index (χ4v) is 4.17. The third kappa shape index (κ3) is 3.87. The third-order valence-corrected chi connectivity index (χ3v) is 6.04. The Hall–Kier alpha value is -3.36. The number of benzene rings is 2. The average Bonchev–Trinajstić information content (AvgIpc) is 3.39. The molecule has 3 heterocycles. The highest BCUT2D eigenvalue weighted by Crippen LogP contribution is 2.25. The van der Waals surface area contributed by atoms with Crippen LogP contribution in [0.4, 0.5) is 5.69 Å². The van der Waals surface area contributed by atoms with E-state index < -0.39 is 0 Å². The minimum Gasteiger partial charge on any atom is -0.325 e. The van der Waals surface area contributed by atoms with Crippen molar-refractivity contribution in [2.45, 2.75) is 12.1 Å². The Labute approximate surface area is 187 Å². The van der Waals surface area contributed by atoms with E-state index in [4.69, 9.17) is 11.6 Å². The Balaban J connectivity index is 1.37. The van der Waals surface area contributed by atoms with E-state index in [-0.39, 0.29) is 11.7 Å². The number of halogens is 1. The van der Waals surface area contributed by atoms with Crippen LogP contribution in [0.15, 0.2) is 72.1 Å². The number of hydrogen-bond donors (Lipinski definition) is 1. The summed E-state index contributed by atoms with van der Waals surface area (Å²) >= 11 is 7.35. The molecule has 0 radical (unpaired) electrons. The largest absolute Gasteiger partial charge is 0.325 e. The summed E-state index contributed by atoms with van der Waals surface area (Å²) in [6.45, 7) is 1.92. The monoisotopic (exact) mass is 448 g/mol. The van der Waals surface area contributed by atoms with Gasteiger partial charge in [0, 0.05) is 28.7 Å². The fourth-order valence-electron chi connectivity index (χ4n) is 3.28. The van der Waals surface area contributed by atoms with Crippen molar-refractivity contribution in [2.24, 2.45) is 0 Å². The van der Waals surface area contributed by atoms with Gasteiger partial charge in [0.25, 0.3) is 0 Å². The molecule has 0 aliphatic carbocycles. The number of aryl methyl sites for hydroxylation is 1. The van der Waals surface area contributed by atoms with Gasteiger partial charge in [-0.05, 0) is 30.7 Å². The van der Waals surface area contributed by atoms with Crippen molar-refractivity contribution in [3.8, 4) is 11.3 Å². The number of rotatable bonds is 5. The molecule has 0 bridgehead atoms. The predicted octanol–water partition coefficient (Wildman–Crippen LogP) is 4.74. The molecule has 154 valence electrons. The zero-order valence-corrected chi connectivity index (χ0v) is 18.1. The van der Waals surface area contributed by atoms with E-state index in [1.165, 1.54) is 11.8 Å². The van der Waals surface area contributed by atoms with Gasteiger partial charge in [0.05, 0.1) is 11.4 Å². The summed E-state index contributed by atoms with van der Waals surface area (Å²) in [6.07, 6.45) is 3.71. The van der Waals surface area contributed by atoms with Crippen molar-refractivity contribution in [1.29, 1.82) is 0 Å². The highest BCUT2D eigenvalue weighted by molar-refractivity contribution is 7.99. The fraction of sp³-hybridized carbons (Fsp3) is 0.0909. The van der Waals surface area contributed by atoms with Crippen molar-refractivity contribution in [1.82, 2.24) is 24.2 Å². The number of anilines is 1. The maximum absolute atomic E-state index is 12.4. The van der Waals surface area contributed by atoms with Crippen LogP contribution in [0.25, 0.3) is 22.4 Å². The van der Waals surface area contributed by atoms with Crippen molar-refractivity contribution < 1.29 is 4.79 Å². The summed E-state index contributed by atoms with van der Waals surface area (Å²) in [5.41, 5.74) is 5.09. The lowest BCUT2D eigenvalue weighted by atomic mass is 10.1. The summed E-state index contributed by atoms with van der Waals surface area (Å²) in [6, 6.07) is 17.4. The molecule has 0 saturated heterocycles. The maximum Gasteiger partial charge on any atom is 0.234 e. The van der Waals surface area contributed by atoms with Crippen LogP contribution in [0.3, 0.4) is 0 Å². The van der Waals surface area contributed by atoms with Gasteiger partial charge in [-0.15, -0.1) is 10.2 Å². The Morgan fingerprint density at radius 3 is 2.77 bits per heavy atom. The second-order valence-corrected chi connectivity index (χ2v) is 8.37. The van der Waals surface area contributed by atoms with Gasteiger partial charge in [-0.2, -0.15) is 5.10 Å². The molecule has 1 amide bonds. The van der Waals surface area contributed by atoms with Crippen LogP contribution in [-0.4, -0.2) is 35.9 Å². The van der Waals surface area contributed by atoms with Gasteiger partial charge in [-0.1, -0.05) is 59.8 Å². The first-order chi connectivity index (χ1) is 15.1. The van der Waals surface area contributed by atoms with Crippen LogP contribution >= 0.6 is 23.4 Å². The van der Waals surface area contributed by atoms with Crippen LogP contribution in [0, 0.1) is 6.92 Å². The van der Waals surface area contributed by atoms with E-state index in [1.807, 2.05) is 66.2 Å². The van der Waals surface area contributed by atoms with Crippen molar-refractivity contribution in [3.05, 3.63) is 77.6 Å². The number of carbonyl (C=O) groups is 1. The zero-order valence-electron chi connectivity index (χ0n) is 16.5. The first kappa shape index (κ1) is 19.6. The van der Waals surface area contributed by atoms with E-state index >= 15 is 0 Å². The smallest absolute Gasteiger partial charge is 0.234 e. The van der Waals surface area contributed by atoms with Crippen LogP contribution < -0.4 is 5.32 Å². The second kappa shape index (κ2) is 8.05. The molecule has 0 aliphatic heterocycles. The summed E-state index contributed by atoms with van der Waals surface area (Å²) in [5.74, 6) is 0.0656. The van der Waals surface area contributed by atoms with Gasteiger partial charge in [0.15, 0.2) is 10.8 Å². The van der Waals surface area contributed by atoms with E-state index in [1.54, 1.807) is 16.6 Å². The first-order valence-electron chi connectivity index (χ1n) is 9.56. The molecule has 0 unspecified atom stereocenters. The predicted molar refractivity (Wildman–Crippen MR) is 123 cm³/mol. The van der Waals surface area contributed by atoms with Gasteiger partial charge < -0.3 is 5.32 Å². The van der Waals surface area contributed by atoms with Crippen LogP contribution in [0.2, 0.25) is 5.02 Å². The summed E-state index contributed by atoms with van der Waals surface area (Å²) in [5, 5.41) is 17.3. The molecule has 0 atom stereocenters. The Morgan fingerprint density at radius 1 is 1.10 bits per heavy atom. The molecule has 9 heteroatoms. The van der Waals surface area contributed by atoms with Gasteiger partial charge in [0.2, 0.25) is 5.91 Å². The number of aromatic nitrogens is 5. The molecule has 7 nitrogen and oxygen atoms in total. The number of thioether (sulfide) groups is 1. The summed E-state index contributed by atoms with van der Waals surface area (Å²) in [7, 11) is 0. The van der Waals surface area contributed by atoms with Crippen molar-refractivity contribution in [2.75, 3.05) is 11.1 Å². The molecular weight excluding hydrogens is 432 g/mol. The highest BCUT2D eigenvalue weighted by atomic mass is 35.5. The quantitative estimate of drug-likeness (QED) is 0.393. The topological polar surface area (TPSA) is 76.6 Å². The number of hydrogen-bond acceptors (Lipinski definition) is 5. The molecule has 0 spiro atoms. The zero-order chi connectivity index (χ0) is 21.4. The number of nitrogens with one attached hydrogen (secondary N) is 1. The normalized spacial score (nSPS) is 11.3. The highest BCUT2D eigenvalue weighted by Gasteiger charge is 2.14. The third-order valence-electron chi connectivity index (χ3n) is 4.86. The van der Waals surface area contributed by atoms with E-state index in [2.05, 4.69) is 20.6 Å². The molecule has 3 aromatic heterocycles. The van der Waals surface area contributed by atoms with Gasteiger partial charge in [-0.3, -0.25) is 9.20 Å². The molecule has 0 fully saturated rings. The molecular formula is C22H17ClN6OS. The molecule has 2 aromatic carbocycles. The Kier molecular flexibility index (Phi) is 5.09. The molecule has 5 rings (SSSR count). The standard InChI is InChI=1S/C22H17ClN6OS/c1-14-7-8-16(23)11-17(14)24-20(30)13-31-22-26-25-21-19-12-18(15-5-3-2-4-6-15)27-29(19)10-9-28(21)22/h2-12H,13H2,1H3,(H,24,30).